The zero-order chi connectivity index (χ0) is 8.20. The number of hydrogen-bond acceptors (Lipinski definition) is 2. The molecule has 0 saturated carbocycles. The summed E-state index contributed by atoms with van der Waals surface area (Å²) in [6.07, 6.45) is 1.49. The molecule has 0 unspecified atom stereocenters. The van der Waals surface area contributed by atoms with Gasteiger partial charge in [-0.2, -0.15) is 0 Å². The van der Waals surface area contributed by atoms with Crippen molar-refractivity contribution in [3.63, 3.8) is 0 Å². The van der Waals surface area contributed by atoms with Crippen LogP contribution in [0.5, 0.6) is 0 Å². The van der Waals surface area contributed by atoms with Gasteiger partial charge in [-0.15, -0.1) is 0 Å². The molecule has 0 aliphatic carbocycles. The van der Waals surface area contributed by atoms with Crippen LogP contribution in [0.2, 0.25) is 0 Å². The minimum absolute atomic E-state index is 0. The van der Waals surface area contributed by atoms with Crippen LogP contribution in [0.25, 0.3) is 0 Å². The second-order valence-corrected chi connectivity index (χ2v) is 2.55. The zero-order valence-electron chi connectivity index (χ0n) is 7.89. The molecule has 0 rings (SSSR count). The quantitative estimate of drug-likeness (QED) is 0.784. The van der Waals surface area contributed by atoms with Crippen molar-refractivity contribution in [1.82, 2.24) is 0 Å². The number of aliphatic hydroxyl groups is 1. The van der Waals surface area contributed by atoms with E-state index in [-0.39, 0.29) is 35.6 Å². The van der Waals surface area contributed by atoms with Crippen molar-refractivity contribution in [2.45, 2.75) is 39.2 Å². The summed E-state index contributed by atoms with van der Waals surface area (Å²) in [5.74, 6) is 0. The smallest absolute Gasteiger partial charge is 0.101 e. The summed E-state index contributed by atoms with van der Waals surface area (Å²) in [5, 5.41) is 9.77. The van der Waals surface area contributed by atoms with Crippen LogP contribution < -0.4 is 0 Å². The van der Waals surface area contributed by atoms with E-state index in [2.05, 4.69) is 4.99 Å². The Morgan fingerprint density at radius 1 is 1.36 bits per heavy atom. The van der Waals surface area contributed by atoms with Crippen molar-refractivity contribution in [3.05, 3.63) is 0 Å². The molecule has 0 aliphatic heterocycles. The predicted molar refractivity (Wildman–Crippen MR) is 44.6 cm³/mol. The van der Waals surface area contributed by atoms with Gasteiger partial charge in [0.25, 0.3) is 0 Å². The monoisotopic (exact) mass is 282 g/mol. The van der Waals surface area contributed by atoms with Crippen molar-refractivity contribution in [2.24, 2.45) is 4.99 Å². The second kappa shape index (κ2) is 6.35. The van der Waals surface area contributed by atoms with Gasteiger partial charge in [-0.1, -0.05) is 13.8 Å². The standard InChI is InChI=1S/C8H17NO.La/c1-5-8(10,6-2)7(3)9-4;/h10H,5-6H2,1-4H3;. The largest absolute Gasteiger partial charge is 0.384 e. The maximum Gasteiger partial charge on any atom is 0.101 e. The summed E-state index contributed by atoms with van der Waals surface area (Å²) >= 11 is 0. The van der Waals surface area contributed by atoms with Crippen LogP contribution >= 0.6 is 0 Å². The molecule has 0 aromatic rings. The van der Waals surface area contributed by atoms with Crippen molar-refractivity contribution >= 4 is 5.71 Å². The first kappa shape index (κ1) is 14.4. The summed E-state index contributed by atoms with van der Waals surface area (Å²) < 4.78 is 0. The number of nitrogens with zero attached hydrogens (tertiary/aromatic N) is 1. The molecule has 0 aromatic heterocycles. The van der Waals surface area contributed by atoms with E-state index in [1.807, 2.05) is 20.8 Å². The van der Waals surface area contributed by atoms with Gasteiger partial charge in [0.05, 0.1) is 0 Å². The molecule has 63 valence electrons. The molecule has 0 spiro atoms. The van der Waals surface area contributed by atoms with Gasteiger partial charge in [0.1, 0.15) is 5.60 Å². The van der Waals surface area contributed by atoms with Crippen molar-refractivity contribution in [2.75, 3.05) is 7.05 Å². The minimum atomic E-state index is -0.658. The van der Waals surface area contributed by atoms with Crippen LogP contribution in [0.4, 0.5) is 0 Å². The van der Waals surface area contributed by atoms with Gasteiger partial charge in [-0.05, 0) is 19.8 Å². The molecule has 3 heteroatoms. The third kappa shape index (κ3) is 3.84. The van der Waals surface area contributed by atoms with Gasteiger partial charge in [-0.3, -0.25) is 4.99 Å². The summed E-state index contributed by atoms with van der Waals surface area (Å²) in [5.41, 5.74) is 0.173. The zero-order valence-corrected chi connectivity index (χ0v) is 11.5. The molecule has 0 atom stereocenters. The molecule has 11 heavy (non-hydrogen) atoms. The molecule has 0 saturated heterocycles. The first-order valence-corrected chi connectivity index (χ1v) is 3.77. The van der Waals surface area contributed by atoms with Crippen LogP contribution in [0.15, 0.2) is 4.99 Å². The first-order valence-electron chi connectivity index (χ1n) is 3.77. The molecule has 0 aromatic carbocycles. The van der Waals surface area contributed by atoms with Crippen LogP contribution in [0.1, 0.15) is 33.6 Å². The van der Waals surface area contributed by atoms with Crippen molar-refractivity contribution in [3.8, 4) is 0 Å². The van der Waals surface area contributed by atoms with E-state index >= 15 is 0 Å². The summed E-state index contributed by atoms with van der Waals surface area (Å²) in [4.78, 5) is 3.97. The maximum absolute atomic E-state index is 9.77. The minimum Gasteiger partial charge on any atom is -0.384 e. The molecule has 0 fully saturated rings. The Hall–Kier alpha value is 0.825. The second-order valence-electron chi connectivity index (χ2n) is 2.55. The van der Waals surface area contributed by atoms with Crippen LogP contribution in [0.3, 0.4) is 0 Å². The molecule has 1 radical (unpaired) electrons. The molecular formula is C8H17LaNO. The Kier molecular flexibility index (Phi) is 8.29. The number of hydrogen-bond donors (Lipinski definition) is 1. The molecule has 0 aliphatic rings. The normalized spacial score (nSPS) is 12.6. The van der Waals surface area contributed by atoms with Gasteiger partial charge in [0.2, 0.25) is 0 Å². The van der Waals surface area contributed by atoms with E-state index in [0.29, 0.717) is 0 Å². The Morgan fingerprint density at radius 2 is 1.73 bits per heavy atom. The van der Waals surface area contributed by atoms with Crippen LogP contribution in [-0.4, -0.2) is 23.5 Å². The van der Waals surface area contributed by atoms with E-state index in [1.165, 1.54) is 0 Å². The predicted octanol–water partition coefficient (Wildman–Crippen LogP) is 1.63. The van der Waals surface area contributed by atoms with E-state index in [9.17, 15) is 5.11 Å². The maximum atomic E-state index is 9.77. The van der Waals surface area contributed by atoms with Gasteiger partial charge < -0.3 is 5.11 Å². The molecule has 1 N–H and O–H groups in total. The van der Waals surface area contributed by atoms with Gasteiger partial charge >= 0.3 is 0 Å². The fourth-order valence-corrected chi connectivity index (χ4v) is 0.970. The topological polar surface area (TPSA) is 32.6 Å². The average Bonchev–Trinajstić information content (AvgIpc) is 2.01. The summed E-state index contributed by atoms with van der Waals surface area (Å²) in [6.45, 7) is 5.81. The molecule has 0 bridgehead atoms. The fraction of sp³-hybridized carbons (Fsp3) is 0.875. The van der Waals surface area contributed by atoms with Gasteiger partial charge in [-0.25, -0.2) is 0 Å². The van der Waals surface area contributed by atoms with Crippen molar-refractivity contribution < 1.29 is 40.7 Å². The number of aliphatic imine (C=N–C) groups is 1. The third-order valence-corrected chi connectivity index (χ3v) is 2.18. The molecular weight excluding hydrogens is 265 g/mol. The summed E-state index contributed by atoms with van der Waals surface area (Å²) in [6, 6.07) is 0. The van der Waals surface area contributed by atoms with Gasteiger partial charge in [0, 0.05) is 48.4 Å². The third-order valence-electron chi connectivity index (χ3n) is 2.18. The first-order chi connectivity index (χ1) is 4.60. The summed E-state index contributed by atoms with van der Waals surface area (Å²) in [7, 11) is 1.71. The van der Waals surface area contributed by atoms with Gasteiger partial charge in [0.15, 0.2) is 0 Å². The van der Waals surface area contributed by atoms with Crippen molar-refractivity contribution in [1.29, 1.82) is 0 Å². The van der Waals surface area contributed by atoms with Crippen LogP contribution in [-0.2, 0) is 0 Å². The van der Waals surface area contributed by atoms with E-state index < -0.39 is 5.60 Å². The van der Waals surface area contributed by atoms with E-state index in [1.54, 1.807) is 7.05 Å². The molecule has 0 heterocycles. The SMILES string of the molecule is CCC(O)(CC)C(C)=NC.[La]. The molecule has 0 amide bonds. The Bertz CT molecular complexity index is 130. The van der Waals surface area contributed by atoms with E-state index in [0.717, 1.165) is 18.6 Å². The Balaban J connectivity index is 0. The average molecular weight is 282 g/mol. The fourth-order valence-electron chi connectivity index (χ4n) is 0.970. The van der Waals surface area contributed by atoms with Crippen LogP contribution in [0, 0.1) is 35.6 Å². The Labute approximate surface area is 97.1 Å². The number of rotatable bonds is 3. The van der Waals surface area contributed by atoms with E-state index in [4.69, 9.17) is 0 Å². The molecule has 2 nitrogen and oxygen atoms in total. The Morgan fingerprint density at radius 3 is 1.82 bits per heavy atom.